The fourth-order valence-electron chi connectivity index (χ4n) is 4.21. The molecular weight excluding hydrogens is 495 g/mol. The predicted octanol–water partition coefficient (Wildman–Crippen LogP) is 5.94. The summed E-state index contributed by atoms with van der Waals surface area (Å²) in [5.74, 6) is 1.51. The van der Waals surface area contributed by atoms with Gasteiger partial charge in [0, 0.05) is 12.1 Å². The molecule has 4 aromatic rings. The molecule has 1 aliphatic heterocycles. The van der Waals surface area contributed by atoms with E-state index < -0.39 is 11.7 Å². The van der Waals surface area contributed by atoms with E-state index in [0.717, 1.165) is 41.3 Å². The summed E-state index contributed by atoms with van der Waals surface area (Å²) in [5.41, 5.74) is 6.41. The summed E-state index contributed by atoms with van der Waals surface area (Å²) in [4.78, 5) is 6.29. The van der Waals surface area contributed by atoms with Crippen molar-refractivity contribution in [3.05, 3.63) is 77.7 Å². The Morgan fingerprint density at radius 2 is 1.81 bits per heavy atom. The summed E-state index contributed by atoms with van der Waals surface area (Å²) in [6, 6.07) is 16.1. The lowest BCUT2D eigenvalue weighted by molar-refractivity contribution is -0.137. The van der Waals surface area contributed by atoms with Crippen LogP contribution in [-0.2, 0) is 12.8 Å². The third kappa shape index (κ3) is 5.23. The first-order valence-electron chi connectivity index (χ1n) is 11.1. The number of benzene rings is 3. The molecule has 0 amide bonds. The number of hydrogen-bond acceptors (Lipinski definition) is 5. The second-order valence-electron chi connectivity index (χ2n) is 8.40. The second kappa shape index (κ2) is 10.1. The summed E-state index contributed by atoms with van der Waals surface area (Å²) < 4.78 is 49.4. The van der Waals surface area contributed by atoms with Crippen molar-refractivity contribution in [3.8, 4) is 17.1 Å². The van der Waals surface area contributed by atoms with Crippen LogP contribution in [0.25, 0.3) is 22.2 Å². The van der Waals surface area contributed by atoms with Crippen LogP contribution in [0.4, 0.5) is 13.2 Å². The van der Waals surface area contributed by atoms with Crippen molar-refractivity contribution in [2.24, 2.45) is 5.73 Å². The standard InChI is InChI=1S/C25H22F3N5O2.ClH/c26-25(27,28)19-8-3-15(4-9-19)14-34-20-10-7-16-12-18(6-5-17(16)13-20)22-31-23(35-32-22)21-2-1-11-33(21)24(29)30;/h3-10,12-13,21H,1-2,11,14H2,(H3,29,30);1H. The molecule has 0 spiro atoms. The molecule has 36 heavy (non-hydrogen) atoms. The second-order valence-corrected chi connectivity index (χ2v) is 8.40. The molecule has 188 valence electrons. The highest BCUT2D eigenvalue weighted by atomic mass is 35.5. The molecule has 1 fully saturated rings. The number of hydrogen-bond donors (Lipinski definition) is 2. The van der Waals surface area contributed by atoms with Gasteiger partial charge in [0.25, 0.3) is 0 Å². The maximum atomic E-state index is 12.7. The third-order valence-electron chi connectivity index (χ3n) is 6.05. The van der Waals surface area contributed by atoms with Crippen LogP contribution in [0, 0.1) is 5.41 Å². The highest BCUT2D eigenvalue weighted by molar-refractivity contribution is 5.87. The molecule has 1 aromatic heterocycles. The van der Waals surface area contributed by atoms with Crippen molar-refractivity contribution in [2.75, 3.05) is 6.54 Å². The van der Waals surface area contributed by atoms with Gasteiger partial charge >= 0.3 is 6.18 Å². The Kier molecular flexibility index (Phi) is 7.07. The quantitative estimate of drug-likeness (QED) is 0.251. The van der Waals surface area contributed by atoms with Crippen LogP contribution >= 0.6 is 12.4 Å². The molecule has 0 bridgehead atoms. The van der Waals surface area contributed by atoms with Crippen molar-refractivity contribution in [3.63, 3.8) is 0 Å². The molecular formula is C25H23ClF3N5O2. The maximum Gasteiger partial charge on any atom is 0.416 e. The number of rotatable bonds is 5. The van der Waals surface area contributed by atoms with Gasteiger partial charge in [0.2, 0.25) is 11.7 Å². The Bertz CT molecular complexity index is 1370. The first-order chi connectivity index (χ1) is 16.8. The minimum Gasteiger partial charge on any atom is -0.489 e. The van der Waals surface area contributed by atoms with Crippen molar-refractivity contribution >= 4 is 29.1 Å². The minimum atomic E-state index is -4.36. The Morgan fingerprint density at radius 1 is 1.08 bits per heavy atom. The van der Waals surface area contributed by atoms with Crippen LogP contribution in [0.5, 0.6) is 5.75 Å². The van der Waals surface area contributed by atoms with Gasteiger partial charge in [-0.3, -0.25) is 5.41 Å². The lowest BCUT2D eigenvalue weighted by atomic mass is 10.1. The van der Waals surface area contributed by atoms with E-state index in [1.165, 1.54) is 12.1 Å². The number of fused-ring (bicyclic) bond motifs is 1. The zero-order valence-corrected chi connectivity index (χ0v) is 19.8. The summed E-state index contributed by atoms with van der Waals surface area (Å²) in [6.45, 7) is 0.850. The van der Waals surface area contributed by atoms with E-state index >= 15 is 0 Å². The van der Waals surface area contributed by atoms with Gasteiger partial charge in [-0.25, -0.2) is 0 Å². The SMILES string of the molecule is Cl.N=C(N)N1CCCC1c1nc(-c2ccc3cc(OCc4ccc(C(F)(F)F)cc4)ccc3c2)no1. The lowest BCUT2D eigenvalue weighted by Crippen LogP contribution is -2.35. The number of alkyl halides is 3. The summed E-state index contributed by atoms with van der Waals surface area (Å²) in [5, 5.41) is 13.7. The number of ether oxygens (including phenoxy) is 1. The van der Waals surface area contributed by atoms with Crippen LogP contribution in [0.15, 0.2) is 65.2 Å². The number of aromatic nitrogens is 2. The van der Waals surface area contributed by atoms with Crippen LogP contribution < -0.4 is 10.5 Å². The minimum absolute atomic E-state index is 0. The van der Waals surface area contributed by atoms with Crippen LogP contribution in [0.1, 0.15) is 35.9 Å². The average Bonchev–Trinajstić information content (AvgIpc) is 3.52. The van der Waals surface area contributed by atoms with Crippen LogP contribution in [-0.4, -0.2) is 27.5 Å². The fourth-order valence-corrected chi connectivity index (χ4v) is 4.21. The maximum absolute atomic E-state index is 12.7. The number of halogens is 4. The van der Waals surface area contributed by atoms with Gasteiger partial charge in [0.15, 0.2) is 5.96 Å². The lowest BCUT2D eigenvalue weighted by Gasteiger charge is -2.21. The van der Waals surface area contributed by atoms with Gasteiger partial charge in [-0.15, -0.1) is 12.4 Å². The zero-order chi connectivity index (χ0) is 24.6. The molecule has 1 aliphatic rings. The molecule has 1 unspecified atom stereocenters. The molecule has 11 heteroatoms. The molecule has 0 aliphatic carbocycles. The Balaban J connectivity index is 0.00000304. The predicted molar refractivity (Wildman–Crippen MR) is 131 cm³/mol. The normalized spacial score (nSPS) is 15.6. The van der Waals surface area contributed by atoms with Crippen LogP contribution in [0.2, 0.25) is 0 Å². The van der Waals surface area contributed by atoms with Crippen molar-refractivity contribution in [2.45, 2.75) is 31.7 Å². The van der Waals surface area contributed by atoms with E-state index in [1.807, 2.05) is 30.3 Å². The fraction of sp³-hybridized carbons (Fsp3) is 0.240. The molecule has 0 saturated carbocycles. The van der Waals surface area contributed by atoms with Crippen molar-refractivity contribution in [1.82, 2.24) is 15.0 Å². The van der Waals surface area contributed by atoms with Crippen LogP contribution in [0.3, 0.4) is 0 Å². The molecule has 7 nitrogen and oxygen atoms in total. The van der Waals surface area contributed by atoms with Gasteiger partial charge in [-0.2, -0.15) is 18.2 Å². The van der Waals surface area contributed by atoms with Gasteiger partial charge in [-0.05, 0) is 59.5 Å². The molecule has 1 atom stereocenters. The van der Waals surface area contributed by atoms with Gasteiger partial charge in [0.05, 0.1) is 5.56 Å². The van der Waals surface area contributed by atoms with Crippen molar-refractivity contribution in [1.29, 1.82) is 5.41 Å². The largest absolute Gasteiger partial charge is 0.489 e. The summed E-state index contributed by atoms with van der Waals surface area (Å²) >= 11 is 0. The van der Waals surface area contributed by atoms with Crippen molar-refractivity contribution < 1.29 is 22.4 Å². The van der Waals surface area contributed by atoms with Gasteiger partial charge < -0.3 is 19.9 Å². The summed E-state index contributed by atoms with van der Waals surface area (Å²) in [6.07, 6.45) is -2.65. The first-order valence-corrected chi connectivity index (χ1v) is 11.1. The van der Waals surface area contributed by atoms with E-state index in [2.05, 4.69) is 10.1 Å². The number of nitrogens with zero attached hydrogens (tertiary/aromatic N) is 3. The average molecular weight is 518 g/mol. The Labute approximate surface area is 211 Å². The number of nitrogens with one attached hydrogen (secondary N) is 1. The number of guanidine groups is 1. The van der Waals surface area contributed by atoms with E-state index in [9.17, 15) is 13.2 Å². The van der Waals surface area contributed by atoms with E-state index in [4.69, 9.17) is 20.4 Å². The Hall–Kier alpha value is -3.79. The summed E-state index contributed by atoms with van der Waals surface area (Å²) in [7, 11) is 0. The molecule has 3 aromatic carbocycles. The van der Waals surface area contributed by atoms with Gasteiger partial charge in [0.1, 0.15) is 18.4 Å². The zero-order valence-electron chi connectivity index (χ0n) is 19.0. The smallest absolute Gasteiger partial charge is 0.416 e. The topological polar surface area (TPSA) is 101 Å². The highest BCUT2D eigenvalue weighted by Crippen LogP contribution is 2.33. The molecule has 2 heterocycles. The molecule has 1 saturated heterocycles. The number of likely N-dealkylation sites (tertiary alicyclic amines) is 1. The molecule has 5 rings (SSSR count). The third-order valence-corrected chi connectivity index (χ3v) is 6.05. The Morgan fingerprint density at radius 3 is 2.53 bits per heavy atom. The molecule has 0 radical (unpaired) electrons. The monoisotopic (exact) mass is 517 g/mol. The van der Waals surface area contributed by atoms with E-state index in [-0.39, 0.29) is 31.0 Å². The van der Waals surface area contributed by atoms with E-state index in [1.54, 1.807) is 11.0 Å². The van der Waals surface area contributed by atoms with E-state index in [0.29, 0.717) is 29.6 Å². The number of nitrogens with two attached hydrogens (primary N) is 1. The molecule has 3 N–H and O–H groups in total. The first kappa shape index (κ1) is 25.3. The van der Waals surface area contributed by atoms with Gasteiger partial charge in [-0.1, -0.05) is 35.5 Å². The highest BCUT2D eigenvalue weighted by Gasteiger charge is 2.32.